The quantitative estimate of drug-likeness (QED) is 0.789. The minimum absolute atomic E-state index is 0.0226. The van der Waals surface area contributed by atoms with Gasteiger partial charge in [0, 0.05) is 17.8 Å². The van der Waals surface area contributed by atoms with E-state index in [2.05, 4.69) is 10.6 Å². The summed E-state index contributed by atoms with van der Waals surface area (Å²) in [4.78, 5) is 12.2. The van der Waals surface area contributed by atoms with Crippen molar-refractivity contribution in [1.29, 1.82) is 0 Å². The molecule has 5 nitrogen and oxygen atoms in total. The van der Waals surface area contributed by atoms with Gasteiger partial charge in [-0.25, -0.2) is 8.42 Å². The Morgan fingerprint density at radius 3 is 2.70 bits per heavy atom. The Morgan fingerprint density at radius 1 is 1.35 bits per heavy atom. The van der Waals surface area contributed by atoms with E-state index in [0.29, 0.717) is 12.0 Å². The van der Waals surface area contributed by atoms with Gasteiger partial charge in [-0.2, -0.15) is 0 Å². The molecule has 2 rings (SSSR count). The summed E-state index contributed by atoms with van der Waals surface area (Å²) in [5.41, 5.74) is 0. The number of nitrogens with one attached hydrogen (secondary N) is 2. The smallest absolute Gasteiger partial charge is 0.237 e. The fourth-order valence-electron chi connectivity index (χ4n) is 3.40. The monoisotopic (exact) mass is 302 g/mol. The first-order chi connectivity index (χ1) is 9.41. The van der Waals surface area contributed by atoms with Gasteiger partial charge in [0.1, 0.15) is 0 Å². The van der Waals surface area contributed by atoms with Gasteiger partial charge >= 0.3 is 0 Å². The molecule has 2 aliphatic rings. The lowest BCUT2D eigenvalue weighted by Gasteiger charge is -2.24. The number of amides is 1. The second kappa shape index (κ2) is 6.43. The Labute approximate surface area is 121 Å². The van der Waals surface area contributed by atoms with E-state index in [1.54, 1.807) is 13.8 Å². The molecule has 2 N–H and O–H groups in total. The van der Waals surface area contributed by atoms with E-state index in [1.165, 1.54) is 19.3 Å². The van der Waals surface area contributed by atoms with Gasteiger partial charge in [0.25, 0.3) is 0 Å². The zero-order chi connectivity index (χ0) is 14.8. The van der Waals surface area contributed by atoms with Crippen LogP contribution >= 0.6 is 0 Å². The van der Waals surface area contributed by atoms with Crippen LogP contribution < -0.4 is 10.6 Å². The van der Waals surface area contributed by atoms with Crippen molar-refractivity contribution in [1.82, 2.24) is 10.6 Å². The molecule has 0 unspecified atom stereocenters. The molecule has 1 aliphatic heterocycles. The van der Waals surface area contributed by atoms with Crippen LogP contribution in [0.2, 0.25) is 0 Å². The van der Waals surface area contributed by atoms with E-state index >= 15 is 0 Å². The van der Waals surface area contributed by atoms with Crippen LogP contribution in [0.15, 0.2) is 0 Å². The summed E-state index contributed by atoms with van der Waals surface area (Å²) in [7, 11) is -3.04. The van der Waals surface area contributed by atoms with Crippen molar-refractivity contribution < 1.29 is 13.2 Å². The SMILES string of the molecule is CCS(=O)(=O)C[C@H](C)NC(=O)[C@@H]1C[C@H]2CCCC[C@H]2N1. The second-order valence-corrected chi connectivity index (χ2v) is 8.61. The van der Waals surface area contributed by atoms with Gasteiger partial charge in [0.05, 0.1) is 11.8 Å². The van der Waals surface area contributed by atoms with Crippen LogP contribution in [0.5, 0.6) is 0 Å². The predicted octanol–water partition coefficient (Wildman–Crippen LogP) is 0.847. The average Bonchev–Trinajstić information content (AvgIpc) is 2.81. The number of carbonyl (C=O) groups is 1. The lowest BCUT2D eigenvalue weighted by molar-refractivity contribution is -0.123. The highest BCUT2D eigenvalue weighted by Gasteiger charge is 2.38. The van der Waals surface area contributed by atoms with Crippen molar-refractivity contribution in [2.75, 3.05) is 11.5 Å². The van der Waals surface area contributed by atoms with Gasteiger partial charge in [-0.15, -0.1) is 0 Å². The van der Waals surface area contributed by atoms with Crippen molar-refractivity contribution in [2.45, 2.75) is 64.1 Å². The van der Waals surface area contributed by atoms with Gasteiger partial charge < -0.3 is 10.6 Å². The highest BCUT2D eigenvalue weighted by Crippen LogP contribution is 2.33. The third-order valence-electron chi connectivity index (χ3n) is 4.51. The van der Waals surface area contributed by atoms with Crippen molar-refractivity contribution >= 4 is 15.7 Å². The van der Waals surface area contributed by atoms with E-state index in [-0.39, 0.29) is 29.5 Å². The number of rotatable bonds is 5. The van der Waals surface area contributed by atoms with Crippen molar-refractivity contribution in [3.63, 3.8) is 0 Å². The molecule has 0 spiro atoms. The number of hydrogen-bond acceptors (Lipinski definition) is 4. The van der Waals surface area contributed by atoms with E-state index < -0.39 is 9.84 Å². The zero-order valence-corrected chi connectivity index (χ0v) is 13.2. The van der Waals surface area contributed by atoms with Crippen molar-refractivity contribution in [2.24, 2.45) is 5.92 Å². The number of carbonyl (C=O) groups excluding carboxylic acids is 1. The van der Waals surface area contributed by atoms with Crippen LogP contribution in [-0.4, -0.2) is 44.0 Å². The van der Waals surface area contributed by atoms with E-state index in [4.69, 9.17) is 0 Å². The molecule has 2 fully saturated rings. The lowest BCUT2D eigenvalue weighted by atomic mass is 9.85. The lowest BCUT2D eigenvalue weighted by Crippen LogP contribution is -2.47. The van der Waals surface area contributed by atoms with Crippen LogP contribution in [0.4, 0.5) is 0 Å². The maximum atomic E-state index is 12.2. The molecule has 1 saturated carbocycles. The maximum absolute atomic E-state index is 12.2. The Morgan fingerprint density at radius 2 is 2.05 bits per heavy atom. The highest BCUT2D eigenvalue weighted by atomic mass is 32.2. The minimum atomic E-state index is -3.04. The molecule has 1 aliphatic carbocycles. The first-order valence-electron chi connectivity index (χ1n) is 7.68. The third-order valence-corrected chi connectivity index (χ3v) is 6.40. The fraction of sp³-hybridized carbons (Fsp3) is 0.929. The average molecular weight is 302 g/mol. The first-order valence-corrected chi connectivity index (χ1v) is 9.50. The second-order valence-electron chi connectivity index (χ2n) is 6.21. The Hall–Kier alpha value is -0.620. The highest BCUT2D eigenvalue weighted by molar-refractivity contribution is 7.91. The van der Waals surface area contributed by atoms with Gasteiger partial charge in [-0.05, 0) is 32.1 Å². The molecule has 4 atom stereocenters. The van der Waals surface area contributed by atoms with Crippen LogP contribution in [0.1, 0.15) is 46.0 Å². The molecule has 0 aromatic rings. The maximum Gasteiger partial charge on any atom is 0.237 e. The molecular weight excluding hydrogens is 276 g/mol. The Balaban J connectivity index is 1.83. The van der Waals surface area contributed by atoms with Gasteiger partial charge in [0.15, 0.2) is 9.84 Å². The molecule has 0 bridgehead atoms. The van der Waals surface area contributed by atoms with E-state index in [9.17, 15) is 13.2 Å². The molecule has 116 valence electrons. The molecule has 1 heterocycles. The molecule has 0 radical (unpaired) electrons. The van der Waals surface area contributed by atoms with Crippen LogP contribution in [0, 0.1) is 5.92 Å². The molecule has 0 aromatic carbocycles. The van der Waals surface area contributed by atoms with Gasteiger partial charge in [-0.1, -0.05) is 19.8 Å². The summed E-state index contributed by atoms with van der Waals surface area (Å²) < 4.78 is 23.1. The topological polar surface area (TPSA) is 75.3 Å². The van der Waals surface area contributed by atoms with Crippen molar-refractivity contribution in [3.8, 4) is 0 Å². The summed E-state index contributed by atoms with van der Waals surface area (Å²) in [6.07, 6.45) is 5.77. The number of fused-ring (bicyclic) bond motifs is 1. The summed E-state index contributed by atoms with van der Waals surface area (Å²) in [5.74, 6) is 0.723. The largest absolute Gasteiger partial charge is 0.351 e. The van der Waals surface area contributed by atoms with Crippen LogP contribution in [0.25, 0.3) is 0 Å². The van der Waals surface area contributed by atoms with Crippen LogP contribution in [0.3, 0.4) is 0 Å². The normalized spacial score (nSPS) is 31.6. The molecule has 0 aromatic heterocycles. The predicted molar refractivity (Wildman–Crippen MR) is 79.2 cm³/mol. The molecule has 6 heteroatoms. The summed E-state index contributed by atoms with van der Waals surface area (Å²) in [5, 5.41) is 6.25. The number of sulfone groups is 1. The fourth-order valence-corrected chi connectivity index (χ4v) is 4.49. The summed E-state index contributed by atoms with van der Waals surface area (Å²) in [6, 6.07) is 0.0148. The van der Waals surface area contributed by atoms with E-state index in [1.807, 2.05) is 0 Å². The van der Waals surface area contributed by atoms with Crippen LogP contribution in [-0.2, 0) is 14.6 Å². The summed E-state index contributed by atoms with van der Waals surface area (Å²) >= 11 is 0. The molecule has 1 amide bonds. The first kappa shape index (κ1) is 15.8. The van der Waals surface area contributed by atoms with Crippen molar-refractivity contribution in [3.05, 3.63) is 0 Å². The molecular formula is C14H26N2O3S. The third kappa shape index (κ3) is 3.95. The zero-order valence-electron chi connectivity index (χ0n) is 12.4. The van der Waals surface area contributed by atoms with E-state index in [0.717, 1.165) is 12.8 Å². The van der Waals surface area contributed by atoms with Gasteiger partial charge in [-0.3, -0.25) is 4.79 Å². The molecule has 1 saturated heterocycles. The number of hydrogen-bond donors (Lipinski definition) is 2. The standard InChI is InChI=1S/C14H26N2O3S/c1-3-20(18,19)9-10(2)15-14(17)13-8-11-6-4-5-7-12(11)16-13/h10-13,16H,3-9H2,1-2H3,(H,15,17)/t10-,11+,12+,13-/m0/s1. The van der Waals surface area contributed by atoms with Gasteiger partial charge in [0.2, 0.25) is 5.91 Å². The Bertz CT molecular complexity index is 435. The summed E-state index contributed by atoms with van der Waals surface area (Å²) in [6.45, 7) is 3.39. The Kier molecular flexibility index (Phi) is 5.07. The molecule has 20 heavy (non-hydrogen) atoms. The minimum Gasteiger partial charge on any atom is -0.351 e.